The molecular weight excluding hydrogens is 426 g/mol. The number of benzene rings is 1. The van der Waals surface area contributed by atoms with Crippen LogP contribution in [0.5, 0.6) is 11.5 Å². The van der Waals surface area contributed by atoms with Gasteiger partial charge in [-0.15, -0.1) is 0 Å². The van der Waals surface area contributed by atoms with Gasteiger partial charge in [0.2, 0.25) is 0 Å². The van der Waals surface area contributed by atoms with Crippen molar-refractivity contribution in [2.75, 3.05) is 51.0 Å². The van der Waals surface area contributed by atoms with Crippen LogP contribution in [-0.2, 0) is 11.3 Å². The summed E-state index contributed by atoms with van der Waals surface area (Å²) in [4.78, 5) is 19.5. The smallest absolute Gasteiger partial charge is 0.251 e. The van der Waals surface area contributed by atoms with E-state index in [4.69, 9.17) is 14.2 Å². The number of nitrogens with zero attached hydrogens (tertiary/aromatic N) is 2. The lowest BCUT2D eigenvalue weighted by Gasteiger charge is -2.43. The fourth-order valence-corrected chi connectivity index (χ4v) is 5.64. The minimum absolute atomic E-state index is 0.0143. The van der Waals surface area contributed by atoms with E-state index in [0.717, 1.165) is 49.8 Å². The molecule has 1 amide bonds. The average molecular weight is 458 g/mol. The van der Waals surface area contributed by atoms with Crippen LogP contribution in [0.1, 0.15) is 29.3 Å². The second-order valence-corrected chi connectivity index (χ2v) is 9.15. The molecule has 2 aliphatic heterocycles. The number of carbonyl (C=O) groups is 1. The highest BCUT2D eigenvalue weighted by Gasteiger charge is 2.40. The second kappa shape index (κ2) is 11.0. The van der Waals surface area contributed by atoms with Crippen LogP contribution < -0.4 is 14.8 Å². The molecule has 0 aliphatic carbocycles. The summed E-state index contributed by atoms with van der Waals surface area (Å²) in [5.74, 6) is 3.28. The highest BCUT2D eigenvalue weighted by molar-refractivity contribution is 7.99. The van der Waals surface area contributed by atoms with Crippen LogP contribution in [0.3, 0.4) is 0 Å². The van der Waals surface area contributed by atoms with E-state index in [2.05, 4.69) is 15.2 Å². The number of thioether (sulfide) groups is 1. The normalized spacial score (nSPS) is 21.3. The molecule has 4 rings (SSSR count). The molecule has 1 atom stereocenters. The van der Waals surface area contributed by atoms with E-state index in [1.165, 1.54) is 0 Å². The van der Waals surface area contributed by atoms with Gasteiger partial charge in [-0.1, -0.05) is 0 Å². The van der Waals surface area contributed by atoms with Crippen LogP contribution in [0.4, 0.5) is 0 Å². The number of hydrogen-bond donors (Lipinski definition) is 1. The van der Waals surface area contributed by atoms with E-state index in [9.17, 15) is 4.79 Å². The summed E-state index contributed by atoms with van der Waals surface area (Å²) in [7, 11) is 0. The number of rotatable bonds is 9. The molecular formula is C24H31N3O4S. The van der Waals surface area contributed by atoms with Gasteiger partial charge in [0, 0.05) is 48.9 Å². The van der Waals surface area contributed by atoms with Crippen molar-refractivity contribution in [3.63, 3.8) is 0 Å². The predicted molar refractivity (Wildman–Crippen MR) is 126 cm³/mol. The monoisotopic (exact) mass is 457 g/mol. The van der Waals surface area contributed by atoms with Crippen molar-refractivity contribution < 1.29 is 19.0 Å². The lowest BCUT2D eigenvalue weighted by Crippen LogP contribution is -2.59. The second-order valence-electron chi connectivity index (χ2n) is 8.05. The third-order valence-electron chi connectivity index (χ3n) is 5.99. The summed E-state index contributed by atoms with van der Waals surface area (Å²) in [5, 5.41) is 3.19. The highest BCUT2D eigenvalue weighted by Crippen LogP contribution is 2.34. The fourth-order valence-electron chi connectivity index (χ4n) is 4.16. The van der Waals surface area contributed by atoms with E-state index in [-0.39, 0.29) is 11.4 Å². The third-order valence-corrected chi connectivity index (χ3v) is 7.23. The van der Waals surface area contributed by atoms with Gasteiger partial charge in [-0.2, -0.15) is 11.8 Å². The first-order valence-electron chi connectivity index (χ1n) is 11.2. The molecule has 8 heteroatoms. The number of aromatic nitrogens is 1. The zero-order chi connectivity index (χ0) is 22.2. The van der Waals surface area contributed by atoms with Crippen molar-refractivity contribution in [3.05, 3.63) is 53.9 Å². The van der Waals surface area contributed by atoms with Crippen molar-refractivity contribution in [1.29, 1.82) is 0 Å². The summed E-state index contributed by atoms with van der Waals surface area (Å²) >= 11 is 1.96. The molecule has 2 aliphatic rings. The van der Waals surface area contributed by atoms with Crippen LogP contribution in [0.25, 0.3) is 0 Å². The third kappa shape index (κ3) is 5.54. The van der Waals surface area contributed by atoms with Crippen LogP contribution in [0, 0.1) is 0 Å². The van der Waals surface area contributed by atoms with Crippen LogP contribution >= 0.6 is 11.8 Å². The maximum absolute atomic E-state index is 13.0. The molecule has 0 radical (unpaired) electrons. The number of morpholine rings is 1. The van der Waals surface area contributed by atoms with Crippen LogP contribution in [-0.4, -0.2) is 72.3 Å². The van der Waals surface area contributed by atoms with Gasteiger partial charge in [0.05, 0.1) is 19.8 Å². The number of carbonyl (C=O) groups excluding carboxylic acids is 1. The van der Waals surface area contributed by atoms with Gasteiger partial charge >= 0.3 is 0 Å². The van der Waals surface area contributed by atoms with Gasteiger partial charge < -0.3 is 19.5 Å². The van der Waals surface area contributed by atoms with Crippen molar-refractivity contribution in [3.8, 4) is 11.5 Å². The number of amides is 1. The molecule has 0 spiro atoms. The molecule has 1 aromatic carbocycles. The maximum Gasteiger partial charge on any atom is 0.251 e. The summed E-state index contributed by atoms with van der Waals surface area (Å²) in [6, 6.07) is 9.20. The Morgan fingerprint density at radius 2 is 2.00 bits per heavy atom. The Hall–Kier alpha value is -2.29. The maximum atomic E-state index is 13.0. The number of pyridine rings is 1. The highest BCUT2D eigenvalue weighted by atomic mass is 32.2. The molecule has 172 valence electrons. The Balaban J connectivity index is 1.41. The lowest BCUT2D eigenvalue weighted by molar-refractivity contribution is -0.0129. The number of nitrogens with one attached hydrogen (secondary N) is 1. The molecule has 2 saturated heterocycles. The Bertz CT molecular complexity index is 884. The van der Waals surface area contributed by atoms with Crippen molar-refractivity contribution >= 4 is 17.7 Å². The van der Waals surface area contributed by atoms with Gasteiger partial charge in [0.15, 0.2) is 11.5 Å². The van der Waals surface area contributed by atoms with Crippen molar-refractivity contribution in [2.45, 2.75) is 25.5 Å². The lowest BCUT2D eigenvalue weighted by atomic mass is 9.95. The predicted octanol–water partition coefficient (Wildman–Crippen LogP) is 3.00. The Morgan fingerprint density at radius 1 is 1.19 bits per heavy atom. The molecule has 3 heterocycles. The molecule has 0 bridgehead atoms. The number of ether oxygens (including phenoxy) is 3. The molecule has 2 fully saturated rings. The van der Waals surface area contributed by atoms with E-state index in [0.29, 0.717) is 36.8 Å². The molecule has 0 saturated carbocycles. The first-order valence-corrected chi connectivity index (χ1v) is 12.3. The SMILES string of the molecule is CCOc1cc(C(=O)NCC2(N3CCOCC3)CCSC2)ccc1OCc1ccncc1. The number of hydrogen-bond acceptors (Lipinski definition) is 7. The molecule has 32 heavy (non-hydrogen) atoms. The zero-order valence-electron chi connectivity index (χ0n) is 18.5. The topological polar surface area (TPSA) is 72.9 Å². The summed E-state index contributed by atoms with van der Waals surface area (Å²) in [6.45, 7) is 6.84. The van der Waals surface area contributed by atoms with Crippen molar-refractivity contribution in [2.24, 2.45) is 0 Å². The van der Waals surface area contributed by atoms with Gasteiger partial charge in [0.1, 0.15) is 6.61 Å². The molecule has 7 nitrogen and oxygen atoms in total. The van der Waals surface area contributed by atoms with Crippen LogP contribution in [0.15, 0.2) is 42.7 Å². The van der Waals surface area contributed by atoms with E-state index in [1.54, 1.807) is 24.5 Å². The van der Waals surface area contributed by atoms with E-state index >= 15 is 0 Å². The molecule has 1 unspecified atom stereocenters. The Kier molecular flexibility index (Phi) is 7.89. The standard InChI is InChI=1S/C24H31N3O4S/c1-2-30-22-15-20(3-4-21(22)31-16-19-5-8-25-9-6-19)23(28)26-17-24(7-14-32-18-24)27-10-12-29-13-11-27/h3-6,8-9,15H,2,7,10-14,16-18H2,1H3,(H,26,28). The Labute approximate surface area is 193 Å². The van der Waals surface area contributed by atoms with Gasteiger partial charge in [0.25, 0.3) is 5.91 Å². The van der Waals surface area contributed by atoms with E-state index < -0.39 is 0 Å². The fraction of sp³-hybridized carbons (Fsp3) is 0.500. The van der Waals surface area contributed by atoms with Crippen molar-refractivity contribution in [1.82, 2.24) is 15.2 Å². The quantitative estimate of drug-likeness (QED) is 0.621. The summed E-state index contributed by atoms with van der Waals surface area (Å²) in [6.07, 6.45) is 4.56. The van der Waals surface area contributed by atoms with E-state index in [1.807, 2.05) is 36.9 Å². The molecule has 2 aromatic rings. The first kappa shape index (κ1) is 22.9. The first-order chi connectivity index (χ1) is 15.7. The average Bonchev–Trinajstić information content (AvgIpc) is 3.33. The van der Waals surface area contributed by atoms with Crippen LogP contribution in [0.2, 0.25) is 0 Å². The molecule has 1 N–H and O–H groups in total. The zero-order valence-corrected chi connectivity index (χ0v) is 19.4. The minimum Gasteiger partial charge on any atom is -0.490 e. The Morgan fingerprint density at radius 3 is 2.72 bits per heavy atom. The van der Waals surface area contributed by atoms with Gasteiger partial charge in [-0.25, -0.2) is 0 Å². The van der Waals surface area contributed by atoms with Gasteiger partial charge in [-0.3, -0.25) is 14.7 Å². The molecule has 1 aromatic heterocycles. The summed E-state index contributed by atoms with van der Waals surface area (Å²) in [5.41, 5.74) is 1.61. The largest absolute Gasteiger partial charge is 0.490 e. The minimum atomic E-state index is -0.0869. The van der Waals surface area contributed by atoms with Gasteiger partial charge in [-0.05, 0) is 55.0 Å². The summed E-state index contributed by atoms with van der Waals surface area (Å²) < 4.78 is 17.2.